The summed E-state index contributed by atoms with van der Waals surface area (Å²) >= 11 is 7.07. The predicted octanol–water partition coefficient (Wildman–Crippen LogP) is 4.29. The van der Waals surface area contributed by atoms with Crippen LogP contribution in [0.5, 0.6) is 5.75 Å². The average Bonchev–Trinajstić information content (AvgIpc) is 2.58. The Bertz CT molecular complexity index is 686. The third-order valence-corrected chi connectivity index (χ3v) is 4.27. The van der Waals surface area contributed by atoms with Crippen molar-refractivity contribution in [3.8, 4) is 5.75 Å². The molecule has 126 valence electrons. The summed E-state index contributed by atoms with van der Waals surface area (Å²) in [5.74, 6) is 1.04. The lowest BCUT2D eigenvalue weighted by Gasteiger charge is -2.06. The third-order valence-electron chi connectivity index (χ3n) is 3.08. The van der Waals surface area contributed by atoms with Gasteiger partial charge in [0.1, 0.15) is 5.75 Å². The van der Waals surface area contributed by atoms with E-state index in [1.165, 1.54) is 11.8 Å². The van der Waals surface area contributed by atoms with Crippen molar-refractivity contribution < 1.29 is 14.3 Å². The first-order valence-electron chi connectivity index (χ1n) is 7.47. The minimum absolute atomic E-state index is 0.0117. The third kappa shape index (κ3) is 5.91. The van der Waals surface area contributed by atoms with E-state index in [1.54, 1.807) is 48.5 Å². The van der Waals surface area contributed by atoms with Gasteiger partial charge in [-0.1, -0.05) is 11.6 Å². The molecule has 6 heteroatoms. The number of thioether (sulfide) groups is 1. The molecule has 0 aromatic heterocycles. The first-order valence-corrected chi connectivity index (χ1v) is 9.01. The minimum atomic E-state index is -0.151. The van der Waals surface area contributed by atoms with Crippen LogP contribution in [0.3, 0.4) is 0 Å². The van der Waals surface area contributed by atoms with Gasteiger partial charge in [0, 0.05) is 16.3 Å². The van der Waals surface area contributed by atoms with E-state index < -0.39 is 0 Å². The van der Waals surface area contributed by atoms with E-state index in [4.69, 9.17) is 16.3 Å². The molecule has 0 saturated heterocycles. The van der Waals surface area contributed by atoms with Gasteiger partial charge in [-0.05, 0) is 55.5 Å². The SMILES string of the molecule is CCOc1ccc(C(=O)CSCC(=O)Nc2ccc(Cl)cc2)cc1. The molecule has 0 bridgehead atoms. The number of carbonyl (C=O) groups excluding carboxylic acids is 2. The van der Waals surface area contributed by atoms with Crippen LogP contribution in [0.25, 0.3) is 0 Å². The Kier molecular flexibility index (Phi) is 7.15. The van der Waals surface area contributed by atoms with Crippen LogP contribution < -0.4 is 10.1 Å². The first kappa shape index (κ1) is 18.4. The van der Waals surface area contributed by atoms with E-state index in [0.717, 1.165) is 5.75 Å². The van der Waals surface area contributed by atoms with E-state index in [0.29, 0.717) is 22.9 Å². The lowest BCUT2D eigenvalue weighted by atomic mass is 10.1. The molecule has 0 aliphatic carbocycles. The second-order valence-corrected chi connectivity index (χ2v) is 6.35. The number of nitrogens with one attached hydrogen (secondary N) is 1. The highest BCUT2D eigenvalue weighted by Crippen LogP contribution is 2.16. The fourth-order valence-electron chi connectivity index (χ4n) is 1.95. The van der Waals surface area contributed by atoms with Gasteiger partial charge in [0.05, 0.1) is 18.1 Å². The highest BCUT2D eigenvalue weighted by Gasteiger charge is 2.09. The number of amides is 1. The summed E-state index contributed by atoms with van der Waals surface area (Å²) < 4.78 is 5.34. The fourth-order valence-corrected chi connectivity index (χ4v) is 2.79. The maximum atomic E-state index is 12.1. The number of Topliss-reactive ketones (excluding diaryl/α,β-unsaturated/α-hetero) is 1. The Labute approximate surface area is 150 Å². The smallest absolute Gasteiger partial charge is 0.234 e. The van der Waals surface area contributed by atoms with Gasteiger partial charge in [0.15, 0.2) is 5.78 Å². The molecule has 1 amide bonds. The molecule has 0 radical (unpaired) electrons. The van der Waals surface area contributed by atoms with Gasteiger partial charge in [-0.25, -0.2) is 0 Å². The van der Waals surface area contributed by atoms with E-state index in [9.17, 15) is 9.59 Å². The van der Waals surface area contributed by atoms with Gasteiger partial charge >= 0.3 is 0 Å². The maximum Gasteiger partial charge on any atom is 0.234 e. The topological polar surface area (TPSA) is 55.4 Å². The standard InChI is InChI=1S/C18H18ClNO3S/c1-2-23-16-9-3-13(4-10-16)17(21)11-24-12-18(22)20-15-7-5-14(19)6-8-15/h3-10H,2,11-12H2,1H3,(H,20,22). The predicted molar refractivity (Wildman–Crippen MR) is 99.3 cm³/mol. The second-order valence-electron chi connectivity index (χ2n) is 4.93. The van der Waals surface area contributed by atoms with Crippen LogP contribution in [-0.2, 0) is 4.79 Å². The van der Waals surface area contributed by atoms with Crippen LogP contribution >= 0.6 is 23.4 Å². The van der Waals surface area contributed by atoms with Crippen molar-refractivity contribution in [2.24, 2.45) is 0 Å². The number of benzene rings is 2. The molecule has 0 aliphatic rings. The molecule has 2 aromatic carbocycles. The average molecular weight is 364 g/mol. The lowest BCUT2D eigenvalue weighted by Crippen LogP contribution is -2.15. The lowest BCUT2D eigenvalue weighted by molar-refractivity contribution is -0.113. The van der Waals surface area contributed by atoms with Crippen LogP contribution in [0, 0.1) is 0 Å². The van der Waals surface area contributed by atoms with Crippen molar-refractivity contribution >= 4 is 40.7 Å². The van der Waals surface area contributed by atoms with Crippen LogP contribution in [0.4, 0.5) is 5.69 Å². The van der Waals surface area contributed by atoms with E-state index in [-0.39, 0.29) is 23.2 Å². The molecule has 0 saturated carbocycles. The summed E-state index contributed by atoms with van der Waals surface area (Å²) in [7, 11) is 0. The summed E-state index contributed by atoms with van der Waals surface area (Å²) in [6.07, 6.45) is 0. The molecule has 0 fully saturated rings. The molecule has 1 N–H and O–H groups in total. The number of hydrogen-bond donors (Lipinski definition) is 1. The molecule has 24 heavy (non-hydrogen) atoms. The van der Waals surface area contributed by atoms with E-state index >= 15 is 0 Å². The second kappa shape index (κ2) is 9.35. The maximum absolute atomic E-state index is 12.1. The van der Waals surface area contributed by atoms with Crippen LogP contribution in [0.1, 0.15) is 17.3 Å². The van der Waals surface area contributed by atoms with Gasteiger partial charge < -0.3 is 10.1 Å². The molecule has 2 rings (SSSR count). The molecule has 0 atom stereocenters. The quantitative estimate of drug-likeness (QED) is 0.711. The number of carbonyl (C=O) groups is 2. The van der Waals surface area contributed by atoms with Crippen molar-refractivity contribution in [3.05, 3.63) is 59.1 Å². The normalized spacial score (nSPS) is 10.2. The zero-order chi connectivity index (χ0) is 17.4. The van der Waals surface area contributed by atoms with Crippen molar-refractivity contribution in [1.82, 2.24) is 0 Å². The van der Waals surface area contributed by atoms with Crippen molar-refractivity contribution in [2.75, 3.05) is 23.4 Å². The van der Waals surface area contributed by atoms with Crippen LogP contribution in [0.15, 0.2) is 48.5 Å². The fraction of sp³-hybridized carbons (Fsp3) is 0.222. The monoisotopic (exact) mass is 363 g/mol. The van der Waals surface area contributed by atoms with Crippen molar-refractivity contribution in [2.45, 2.75) is 6.92 Å². The molecule has 0 spiro atoms. The minimum Gasteiger partial charge on any atom is -0.494 e. The highest BCUT2D eigenvalue weighted by molar-refractivity contribution is 8.00. The molecule has 0 aliphatic heterocycles. The Morgan fingerprint density at radius 1 is 1.04 bits per heavy atom. The van der Waals surface area contributed by atoms with Crippen LogP contribution in [0.2, 0.25) is 5.02 Å². The summed E-state index contributed by atoms with van der Waals surface area (Å²) in [5.41, 5.74) is 1.30. The molecular weight excluding hydrogens is 346 g/mol. The number of ether oxygens (including phenoxy) is 1. The summed E-state index contributed by atoms with van der Waals surface area (Å²) in [4.78, 5) is 23.9. The molecular formula is C18H18ClNO3S. The number of ketones is 1. The van der Waals surface area contributed by atoms with Crippen molar-refractivity contribution in [3.63, 3.8) is 0 Å². The molecule has 0 unspecified atom stereocenters. The number of anilines is 1. The van der Waals surface area contributed by atoms with E-state index in [2.05, 4.69) is 5.32 Å². The van der Waals surface area contributed by atoms with Gasteiger partial charge in [-0.3, -0.25) is 9.59 Å². The Balaban J connectivity index is 1.75. The number of halogens is 1. The Hall–Kier alpha value is -1.98. The summed E-state index contributed by atoms with van der Waals surface area (Å²) in [5, 5.41) is 3.37. The van der Waals surface area contributed by atoms with Gasteiger partial charge in [0.2, 0.25) is 5.91 Å². The van der Waals surface area contributed by atoms with Gasteiger partial charge in [-0.15, -0.1) is 11.8 Å². The highest BCUT2D eigenvalue weighted by atomic mass is 35.5. The molecule has 2 aromatic rings. The van der Waals surface area contributed by atoms with E-state index in [1.807, 2.05) is 6.92 Å². The van der Waals surface area contributed by atoms with Gasteiger partial charge in [0.25, 0.3) is 0 Å². The Morgan fingerprint density at radius 3 is 2.33 bits per heavy atom. The zero-order valence-corrected chi connectivity index (χ0v) is 14.8. The van der Waals surface area contributed by atoms with Crippen molar-refractivity contribution in [1.29, 1.82) is 0 Å². The number of rotatable bonds is 8. The molecule has 4 nitrogen and oxygen atoms in total. The summed E-state index contributed by atoms with van der Waals surface area (Å²) in [6.45, 7) is 2.50. The van der Waals surface area contributed by atoms with Gasteiger partial charge in [-0.2, -0.15) is 0 Å². The Morgan fingerprint density at radius 2 is 1.71 bits per heavy atom. The zero-order valence-electron chi connectivity index (χ0n) is 13.3. The first-order chi connectivity index (χ1) is 11.6. The molecule has 0 heterocycles. The number of hydrogen-bond acceptors (Lipinski definition) is 4. The van der Waals surface area contributed by atoms with Crippen LogP contribution in [-0.4, -0.2) is 29.8 Å². The summed E-state index contributed by atoms with van der Waals surface area (Å²) in [6, 6.07) is 13.9. The largest absolute Gasteiger partial charge is 0.494 e.